The van der Waals surface area contributed by atoms with Gasteiger partial charge in [-0.3, -0.25) is 9.59 Å². The Balaban J connectivity index is 2.11. The molecule has 2 amide bonds. The van der Waals surface area contributed by atoms with E-state index in [-0.39, 0.29) is 17.9 Å². The summed E-state index contributed by atoms with van der Waals surface area (Å²) in [6.07, 6.45) is 0.632. The summed E-state index contributed by atoms with van der Waals surface area (Å²) in [6, 6.07) is -0.348. The molecule has 1 N–H and O–H groups in total. The Morgan fingerprint density at radius 2 is 2.16 bits per heavy atom. The minimum atomic E-state index is -0.726. The fourth-order valence-corrected chi connectivity index (χ4v) is 5.07. The SMILES string of the molecule is CCC1(C)NC(=O)C(C)N(CC2CSCCS2)C1=O. The molecular formula is C13H22N2O2S2. The summed E-state index contributed by atoms with van der Waals surface area (Å²) < 4.78 is 0. The lowest BCUT2D eigenvalue weighted by atomic mass is 9.92. The van der Waals surface area contributed by atoms with E-state index in [9.17, 15) is 9.59 Å². The third kappa shape index (κ3) is 3.05. The minimum absolute atomic E-state index is 0.0302. The smallest absolute Gasteiger partial charge is 0.248 e. The third-order valence-corrected chi connectivity index (χ3v) is 6.80. The summed E-state index contributed by atoms with van der Waals surface area (Å²) >= 11 is 3.86. The van der Waals surface area contributed by atoms with Gasteiger partial charge in [-0.05, 0) is 20.3 Å². The van der Waals surface area contributed by atoms with Crippen LogP contribution in [0.25, 0.3) is 0 Å². The highest BCUT2D eigenvalue weighted by atomic mass is 32.2. The lowest BCUT2D eigenvalue weighted by Crippen LogP contribution is -2.69. The molecule has 0 aromatic rings. The summed E-state index contributed by atoms with van der Waals surface area (Å²) in [7, 11) is 0. The van der Waals surface area contributed by atoms with E-state index in [0.29, 0.717) is 18.2 Å². The topological polar surface area (TPSA) is 49.4 Å². The predicted octanol–water partition coefficient (Wildman–Crippen LogP) is 1.35. The highest BCUT2D eigenvalue weighted by molar-refractivity contribution is 8.06. The molecule has 2 aliphatic heterocycles. The molecule has 2 saturated heterocycles. The molecule has 2 heterocycles. The Morgan fingerprint density at radius 1 is 1.42 bits per heavy atom. The van der Waals surface area contributed by atoms with E-state index in [1.807, 2.05) is 44.3 Å². The van der Waals surface area contributed by atoms with Crippen molar-refractivity contribution >= 4 is 35.3 Å². The zero-order chi connectivity index (χ0) is 14.0. The number of piperazine rings is 1. The van der Waals surface area contributed by atoms with Crippen LogP contribution in [0.15, 0.2) is 0 Å². The quantitative estimate of drug-likeness (QED) is 0.855. The monoisotopic (exact) mass is 302 g/mol. The van der Waals surface area contributed by atoms with Gasteiger partial charge in [-0.2, -0.15) is 23.5 Å². The average molecular weight is 302 g/mol. The van der Waals surface area contributed by atoms with E-state index in [4.69, 9.17) is 0 Å². The molecule has 2 fully saturated rings. The third-order valence-electron chi connectivity index (χ3n) is 3.97. The van der Waals surface area contributed by atoms with E-state index in [1.165, 1.54) is 5.75 Å². The Bertz CT molecular complexity index is 372. The molecule has 19 heavy (non-hydrogen) atoms. The first-order valence-electron chi connectivity index (χ1n) is 6.80. The molecule has 0 radical (unpaired) electrons. The number of carbonyl (C=O) groups is 2. The van der Waals surface area contributed by atoms with Crippen LogP contribution in [-0.4, -0.2) is 57.3 Å². The van der Waals surface area contributed by atoms with Crippen molar-refractivity contribution in [2.75, 3.05) is 23.8 Å². The molecule has 2 aliphatic rings. The second-order valence-electron chi connectivity index (χ2n) is 5.38. The van der Waals surface area contributed by atoms with E-state index in [0.717, 1.165) is 11.5 Å². The summed E-state index contributed by atoms with van der Waals surface area (Å²) in [5, 5.41) is 3.32. The number of carbonyl (C=O) groups excluding carboxylic acids is 2. The fourth-order valence-electron chi connectivity index (χ4n) is 2.41. The van der Waals surface area contributed by atoms with Gasteiger partial charge in [0.1, 0.15) is 11.6 Å². The maximum Gasteiger partial charge on any atom is 0.248 e. The molecular weight excluding hydrogens is 280 g/mol. The van der Waals surface area contributed by atoms with Gasteiger partial charge in [0.25, 0.3) is 0 Å². The van der Waals surface area contributed by atoms with Gasteiger partial charge in [-0.25, -0.2) is 0 Å². The van der Waals surface area contributed by atoms with Crippen molar-refractivity contribution in [1.82, 2.24) is 10.2 Å². The van der Waals surface area contributed by atoms with Crippen LogP contribution >= 0.6 is 23.5 Å². The van der Waals surface area contributed by atoms with Crippen LogP contribution in [0.4, 0.5) is 0 Å². The van der Waals surface area contributed by atoms with Crippen molar-refractivity contribution in [3.8, 4) is 0 Å². The zero-order valence-electron chi connectivity index (χ0n) is 11.8. The molecule has 0 bridgehead atoms. The maximum absolute atomic E-state index is 12.6. The normalized spacial score (nSPS) is 36.3. The van der Waals surface area contributed by atoms with E-state index >= 15 is 0 Å². The van der Waals surface area contributed by atoms with Crippen molar-refractivity contribution in [3.63, 3.8) is 0 Å². The van der Waals surface area contributed by atoms with Gasteiger partial charge in [0.05, 0.1) is 0 Å². The first-order valence-corrected chi connectivity index (χ1v) is 9.00. The Morgan fingerprint density at radius 3 is 2.74 bits per heavy atom. The van der Waals surface area contributed by atoms with Crippen molar-refractivity contribution in [2.45, 2.75) is 44.0 Å². The van der Waals surface area contributed by atoms with Gasteiger partial charge < -0.3 is 10.2 Å². The Kier molecular flexibility index (Phi) is 4.71. The molecule has 3 unspecified atom stereocenters. The number of nitrogens with zero attached hydrogens (tertiary/aromatic N) is 1. The molecule has 0 spiro atoms. The number of hydrogen-bond donors (Lipinski definition) is 1. The molecule has 2 rings (SSSR count). The molecule has 0 aromatic carbocycles. The second-order valence-corrected chi connectivity index (χ2v) is 7.93. The highest BCUT2D eigenvalue weighted by Crippen LogP contribution is 2.28. The second kappa shape index (κ2) is 5.95. The molecule has 108 valence electrons. The summed E-state index contributed by atoms with van der Waals surface area (Å²) in [5.74, 6) is 3.45. The van der Waals surface area contributed by atoms with Gasteiger partial charge in [0.15, 0.2) is 0 Å². The number of hydrogen-bond acceptors (Lipinski definition) is 4. The lowest BCUT2D eigenvalue weighted by Gasteiger charge is -2.44. The first-order chi connectivity index (χ1) is 8.98. The van der Waals surface area contributed by atoms with E-state index in [2.05, 4.69) is 5.32 Å². The minimum Gasteiger partial charge on any atom is -0.340 e. The zero-order valence-corrected chi connectivity index (χ0v) is 13.4. The van der Waals surface area contributed by atoms with Gasteiger partial charge in [-0.1, -0.05) is 6.92 Å². The molecule has 3 atom stereocenters. The predicted molar refractivity (Wildman–Crippen MR) is 81.6 cm³/mol. The van der Waals surface area contributed by atoms with Crippen LogP contribution in [0.1, 0.15) is 27.2 Å². The van der Waals surface area contributed by atoms with Gasteiger partial charge in [0.2, 0.25) is 11.8 Å². The number of amides is 2. The van der Waals surface area contributed by atoms with Gasteiger partial charge in [-0.15, -0.1) is 0 Å². The molecule has 0 saturated carbocycles. The van der Waals surface area contributed by atoms with E-state index in [1.54, 1.807) is 4.90 Å². The van der Waals surface area contributed by atoms with Crippen LogP contribution in [0.2, 0.25) is 0 Å². The number of nitrogens with one attached hydrogen (secondary N) is 1. The molecule has 0 aromatic heterocycles. The Labute approximate surface area is 123 Å². The Hall–Kier alpha value is -0.360. The largest absolute Gasteiger partial charge is 0.340 e. The first kappa shape index (κ1) is 15.0. The number of rotatable bonds is 3. The van der Waals surface area contributed by atoms with Crippen LogP contribution in [0, 0.1) is 0 Å². The van der Waals surface area contributed by atoms with Crippen molar-refractivity contribution in [3.05, 3.63) is 0 Å². The average Bonchev–Trinajstić information content (AvgIpc) is 2.42. The van der Waals surface area contributed by atoms with Gasteiger partial charge >= 0.3 is 0 Å². The maximum atomic E-state index is 12.6. The summed E-state index contributed by atoms with van der Waals surface area (Å²) in [5.41, 5.74) is -0.726. The van der Waals surface area contributed by atoms with Crippen LogP contribution in [0.3, 0.4) is 0 Å². The van der Waals surface area contributed by atoms with Gasteiger partial charge in [0, 0.05) is 29.1 Å². The standard InChI is InChI=1S/C13H22N2O2S2/c1-4-13(3)12(17)15(9(2)11(16)14-13)7-10-8-18-5-6-19-10/h9-10H,4-8H2,1-3H3,(H,14,16). The van der Waals surface area contributed by atoms with Crippen molar-refractivity contribution < 1.29 is 9.59 Å². The number of thioether (sulfide) groups is 2. The van der Waals surface area contributed by atoms with Crippen molar-refractivity contribution in [1.29, 1.82) is 0 Å². The molecule has 6 heteroatoms. The fraction of sp³-hybridized carbons (Fsp3) is 0.846. The summed E-state index contributed by atoms with van der Waals surface area (Å²) in [4.78, 5) is 26.4. The lowest BCUT2D eigenvalue weighted by molar-refractivity contribution is -0.153. The van der Waals surface area contributed by atoms with Crippen LogP contribution in [0.5, 0.6) is 0 Å². The van der Waals surface area contributed by atoms with Crippen LogP contribution in [-0.2, 0) is 9.59 Å². The highest BCUT2D eigenvalue weighted by Gasteiger charge is 2.45. The molecule has 4 nitrogen and oxygen atoms in total. The van der Waals surface area contributed by atoms with Crippen LogP contribution < -0.4 is 5.32 Å². The van der Waals surface area contributed by atoms with Crippen molar-refractivity contribution in [2.24, 2.45) is 0 Å². The van der Waals surface area contributed by atoms with E-state index < -0.39 is 5.54 Å². The summed E-state index contributed by atoms with van der Waals surface area (Å²) in [6.45, 7) is 6.29. The molecule has 0 aliphatic carbocycles.